The highest BCUT2D eigenvalue weighted by molar-refractivity contribution is 9.10. The van der Waals surface area contributed by atoms with Gasteiger partial charge in [-0.1, -0.05) is 0 Å². The maximum Gasteiger partial charge on any atom is 0.283 e. The number of carbonyl (C=O) groups is 1. The average molecular weight is 254 g/mol. The summed E-state index contributed by atoms with van der Waals surface area (Å²) in [5.41, 5.74) is -1.06. The lowest BCUT2D eigenvalue weighted by molar-refractivity contribution is 0.111. The molecule has 70 valence electrons. The summed E-state index contributed by atoms with van der Waals surface area (Å²) < 4.78 is 36.7. The van der Waals surface area contributed by atoms with Crippen molar-refractivity contribution >= 4 is 22.2 Å². The van der Waals surface area contributed by atoms with Crippen molar-refractivity contribution in [3.8, 4) is 0 Å². The summed E-state index contributed by atoms with van der Waals surface area (Å²) in [5, 5.41) is 0. The number of halogens is 4. The fourth-order valence-corrected chi connectivity index (χ4v) is 1.12. The van der Waals surface area contributed by atoms with Crippen LogP contribution in [0.2, 0.25) is 0 Å². The van der Waals surface area contributed by atoms with Crippen LogP contribution in [0.3, 0.4) is 0 Å². The van der Waals surface area contributed by atoms with E-state index >= 15 is 0 Å². The van der Waals surface area contributed by atoms with Gasteiger partial charge in [0.2, 0.25) is 0 Å². The van der Waals surface area contributed by atoms with Gasteiger partial charge in [-0.05, 0) is 15.9 Å². The zero-order chi connectivity index (χ0) is 10.0. The molecular formula is C7H3BrF3NO. The fourth-order valence-electron chi connectivity index (χ4n) is 0.726. The molecule has 2 nitrogen and oxygen atoms in total. The van der Waals surface area contributed by atoms with Crippen molar-refractivity contribution < 1.29 is 18.0 Å². The number of hydrogen-bond donors (Lipinski definition) is 0. The average Bonchev–Trinajstić information content (AvgIpc) is 2.09. The molecule has 0 atom stereocenters. The van der Waals surface area contributed by atoms with Crippen molar-refractivity contribution in [2.24, 2.45) is 0 Å². The van der Waals surface area contributed by atoms with Crippen LogP contribution < -0.4 is 0 Å². The van der Waals surface area contributed by atoms with Crippen LogP contribution in [0.4, 0.5) is 13.2 Å². The fraction of sp³-hybridized carbons (Fsp3) is 0.143. The molecule has 0 spiro atoms. The van der Waals surface area contributed by atoms with E-state index in [1.807, 2.05) is 0 Å². The third-order valence-electron chi connectivity index (χ3n) is 1.35. The first-order chi connectivity index (χ1) is 6.07. The van der Waals surface area contributed by atoms with Crippen LogP contribution in [0.25, 0.3) is 0 Å². The second-order valence-electron chi connectivity index (χ2n) is 2.15. The largest absolute Gasteiger partial charge is 0.298 e. The van der Waals surface area contributed by atoms with E-state index in [4.69, 9.17) is 0 Å². The lowest BCUT2D eigenvalue weighted by Gasteiger charge is -2.03. The van der Waals surface area contributed by atoms with Gasteiger partial charge in [0.05, 0.1) is 4.47 Å². The minimum absolute atomic E-state index is 0.0955. The molecule has 0 aliphatic carbocycles. The number of nitrogens with zero attached hydrogens (tertiary/aromatic N) is 1. The maximum absolute atomic E-state index is 13.0. The Morgan fingerprint density at radius 1 is 1.54 bits per heavy atom. The molecule has 1 aromatic rings. The van der Waals surface area contributed by atoms with Crippen molar-refractivity contribution in [3.63, 3.8) is 0 Å². The first-order valence-electron chi connectivity index (χ1n) is 3.15. The number of aldehydes is 1. The van der Waals surface area contributed by atoms with E-state index in [-0.39, 0.29) is 10.0 Å². The quantitative estimate of drug-likeness (QED) is 0.759. The summed E-state index contributed by atoms with van der Waals surface area (Å²) in [5.74, 6) is -1.19. The summed E-state index contributed by atoms with van der Waals surface area (Å²) in [6.45, 7) is 0. The second-order valence-corrected chi connectivity index (χ2v) is 2.94. The Bertz CT molecular complexity index is 343. The summed E-state index contributed by atoms with van der Waals surface area (Å²) in [6.07, 6.45) is -1.77. The third-order valence-corrected chi connectivity index (χ3v) is 2.15. The van der Waals surface area contributed by atoms with E-state index in [0.717, 1.165) is 6.20 Å². The van der Waals surface area contributed by atoms with Gasteiger partial charge < -0.3 is 0 Å². The summed E-state index contributed by atoms with van der Waals surface area (Å²) in [7, 11) is 0. The number of rotatable bonds is 2. The van der Waals surface area contributed by atoms with Gasteiger partial charge in [-0.15, -0.1) is 0 Å². The zero-order valence-electron chi connectivity index (χ0n) is 6.10. The Labute approximate surface area is 79.9 Å². The standard InChI is InChI=1S/C7H3BrF3NO/c8-4-3(2-13)1-12-6(5(4)9)7(10)11/h1-2,7H. The molecule has 13 heavy (non-hydrogen) atoms. The minimum Gasteiger partial charge on any atom is -0.298 e. The van der Waals surface area contributed by atoms with Crippen molar-refractivity contribution in [2.45, 2.75) is 6.43 Å². The van der Waals surface area contributed by atoms with Crippen molar-refractivity contribution in [1.82, 2.24) is 4.98 Å². The molecule has 0 fully saturated rings. The summed E-state index contributed by atoms with van der Waals surface area (Å²) in [6, 6.07) is 0. The van der Waals surface area contributed by atoms with E-state index in [2.05, 4.69) is 20.9 Å². The molecule has 0 aliphatic heterocycles. The molecule has 0 aromatic carbocycles. The van der Waals surface area contributed by atoms with Gasteiger partial charge >= 0.3 is 0 Å². The zero-order valence-corrected chi connectivity index (χ0v) is 7.69. The van der Waals surface area contributed by atoms with E-state index in [9.17, 15) is 18.0 Å². The smallest absolute Gasteiger partial charge is 0.283 e. The van der Waals surface area contributed by atoms with Crippen LogP contribution in [-0.4, -0.2) is 11.3 Å². The third kappa shape index (κ3) is 1.88. The predicted octanol–water partition coefficient (Wildman–Crippen LogP) is 2.73. The van der Waals surface area contributed by atoms with E-state index < -0.39 is 17.9 Å². The number of hydrogen-bond acceptors (Lipinski definition) is 2. The molecule has 1 aromatic heterocycles. The molecule has 0 saturated heterocycles. The highest BCUT2D eigenvalue weighted by Gasteiger charge is 2.19. The molecule has 0 amide bonds. The van der Waals surface area contributed by atoms with Crippen LogP contribution in [0, 0.1) is 5.82 Å². The lowest BCUT2D eigenvalue weighted by atomic mass is 10.2. The maximum atomic E-state index is 13.0. The Morgan fingerprint density at radius 2 is 2.15 bits per heavy atom. The van der Waals surface area contributed by atoms with Crippen LogP contribution in [0.5, 0.6) is 0 Å². The highest BCUT2D eigenvalue weighted by atomic mass is 79.9. The van der Waals surface area contributed by atoms with Gasteiger partial charge in [-0.3, -0.25) is 9.78 Å². The highest BCUT2D eigenvalue weighted by Crippen LogP contribution is 2.26. The molecule has 0 saturated carbocycles. The Morgan fingerprint density at radius 3 is 2.62 bits per heavy atom. The first-order valence-corrected chi connectivity index (χ1v) is 3.94. The van der Waals surface area contributed by atoms with Gasteiger partial charge in [0.15, 0.2) is 12.1 Å². The molecule has 1 heterocycles. The molecule has 0 bridgehead atoms. The number of alkyl halides is 2. The summed E-state index contributed by atoms with van der Waals surface area (Å²) >= 11 is 2.68. The predicted molar refractivity (Wildman–Crippen MR) is 42.2 cm³/mol. The van der Waals surface area contributed by atoms with Crippen molar-refractivity contribution in [2.75, 3.05) is 0 Å². The van der Waals surface area contributed by atoms with Gasteiger partial charge in [-0.25, -0.2) is 13.2 Å². The van der Waals surface area contributed by atoms with Crippen molar-refractivity contribution in [1.29, 1.82) is 0 Å². The van der Waals surface area contributed by atoms with Crippen LogP contribution in [0.15, 0.2) is 10.7 Å². The molecule has 0 radical (unpaired) electrons. The summed E-state index contributed by atoms with van der Waals surface area (Å²) in [4.78, 5) is 13.4. The van der Waals surface area contributed by atoms with Gasteiger partial charge in [0.25, 0.3) is 6.43 Å². The van der Waals surface area contributed by atoms with E-state index in [1.54, 1.807) is 0 Å². The molecule has 0 aliphatic rings. The Balaban J connectivity index is 3.31. The van der Waals surface area contributed by atoms with Gasteiger partial charge in [0.1, 0.15) is 5.69 Å². The van der Waals surface area contributed by atoms with E-state index in [0.29, 0.717) is 6.29 Å². The van der Waals surface area contributed by atoms with Crippen LogP contribution >= 0.6 is 15.9 Å². The topological polar surface area (TPSA) is 30.0 Å². The number of pyridine rings is 1. The van der Waals surface area contributed by atoms with Crippen LogP contribution in [0.1, 0.15) is 22.5 Å². The van der Waals surface area contributed by atoms with Gasteiger partial charge in [-0.2, -0.15) is 0 Å². The molecular weight excluding hydrogens is 251 g/mol. The minimum atomic E-state index is -2.99. The van der Waals surface area contributed by atoms with Gasteiger partial charge in [0, 0.05) is 11.8 Å². The molecule has 6 heteroatoms. The molecule has 1 rings (SSSR count). The van der Waals surface area contributed by atoms with Crippen molar-refractivity contribution in [3.05, 3.63) is 27.7 Å². The lowest BCUT2D eigenvalue weighted by Crippen LogP contribution is -1.99. The Hall–Kier alpha value is -0.910. The molecule has 0 N–H and O–H groups in total. The SMILES string of the molecule is O=Cc1cnc(C(F)F)c(F)c1Br. The Kier molecular flexibility index (Phi) is 3.02. The molecule has 0 unspecified atom stereocenters. The number of carbonyl (C=O) groups excluding carboxylic acids is 1. The normalized spacial score (nSPS) is 10.5. The number of aromatic nitrogens is 1. The monoisotopic (exact) mass is 253 g/mol. The van der Waals surface area contributed by atoms with E-state index in [1.165, 1.54) is 0 Å². The van der Waals surface area contributed by atoms with Crippen LogP contribution in [-0.2, 0) is 0 Å². The second kappa shape index (κ2) is 3.87. The first kappa shape index (κ1) is 10.2.